The van der Waals surface area contributed by atoms with Gasteiger partial charge >= 0.3 is 12.1 Å². The Morgan fingerprint density at radius 3 is 2.32 bits per heavy atom. The van der Waals surface area contributed by atoms with Crippen LogP contribution in [0.3, 0.4) is 0 Å². The molecule has 0 aliphatic heterocycles. The van der Waals surface area contributed by atoms with Gasteiger partial charge in [0.2, 0.25) is 0 Å². The fourth-order valence-electron chi connectivity index (χ4n) is 2.21. The highest BCUT2D eigenvalue weighted by molar-refractivity contribution is 5.92. The summed E-state index contributed by atoms with van der Waals surface area (Å²) in [5, 5.41) is 11.2. The van der Waals surface area contributed by atoms with Crippen molar-refractivity contribution in [3.8, 4) is 0 Å². The predicted molar refractivity (Wildman–Crippen MR) is 81.1 cm³/mol. The number of carbonyl (C=O) groups is 2. The minimum atomic E-state index is -4.47. The molecule has 1 unspecified atom stereocenters. The smallest absolute Gasteiger partial charge is 0.416 e. The molecule has 1 aromatic heterocycles. The molecule has 0 aliphatic carbocycles. The molecule has 1 aromatic carbocycles. The molecule has 2 aromatic rings. The summed E-state index contributed by atoms with van der Waals surface area (Å²) in [6, 6.07) is 4.54. The van der Waals surface area contributed by atoms with Gasteiger partial charge in [-0.25, -0.2) is 14.8 Å². The van der Waals surface area contributed by atoms with Crippen molar-refractivity contribution in [3.63, 3.8) is 0 Å². The summed E-state index contributed by atoms with van der Waals surface area (Å²) in [5.74, 6) is -1.93. The van der Waals surface area contributed by atoms with E-state index in [1.165, 1.54) is 18.2 Å². The maximum atomic E-state index is 13.0. The van der Waals surface area contributed by atoms with Gasteiger partial charge in [-0.1, -0.05) is 18.2 Å². The molecule has 132 valence electrons. The Balaban J connectivity index is 2.06. The van der Waals surface area contributed by atoms with Gasteiger partial charge in [0.15, 0.2) is 5.69 Å². The molecular weight excluding hydrogens is 339 g/mol. The van der Waals surface area contributed by atoms with Crippen LogP contribution in [0.4, 0.5) is 13.2 Å². The van der Waals surface area contributed by atoms with Crippen molar-refractivity contribution in [3.05, 3.63) is 59.2 Å². The van der Waals surface area contributed by atoms with Gasteiger partial charge in [0.05, 0.1) is 18.0 Å². The van der Waals surface area contributed by atoms with E-state index in [-0.39, 0.29) is 23.4 Å². The summed E-state index contributed by atoms with van der Waals surface area (Å²) in [4.78, 5) is 30.0. The first-order valence-corrected chi connectivity index (χ1v) is 7.19. The predicted octanol–water partition coefficient (Wildman–Crippen LogP) is 2.55. The van der Waals surface area contributed by atoms with E-state index in [0.717, 1.165) is 18.5 Å². The Kier molecular flexibility index (Phi) is 5.35. The number of carboxylic acid groups (broad SMARTS) is 1. The van der Waals surface area contributed by atoms with Crippen LogP contribution in [0.25, 0.3) is 0 Å². The summed E-state index contributed by atoms with van der Waals surface area (Å²) >= 11 is 0. The van der Waals surface area contributed by atoms with Crippen molar-refractivity contribution in [1.29, 1.82) is 0 Å². The maximum absolute atomic E-state index is 13.0. The second kappa shape index (κ2) is 7.29. The SMILES string of the molecule is CC(Cc1ccccc1C(F)(F)F)NC(=O)c1cnc(C(=O)O)cn1. The molecule has 2 N–H and O–H groups in total. The Morgan fingerprint density at radius 1 is 1.16 bits per heavy atom. The van der Waals surface area contributed by atoms with Crippen LogP contribution in [0, 0.1) is 0 Å². The first-order chi connectivity index (χ1) is 11.7. The third-order valence-electron chi connectivity index (χ3n) is 3.33. The Hall–Kier alpha value is -2.97. The molecule has 2 rings (SSSR count). The summed E-state index contributed by atoms with van der Waals surface area (Å²) in [6.07, 6.45) is -2.57. The number of hydrogen-bond donors (Lipinski definition) is 2. The van der Waals surface area contributed by atoms with Gasteiger partial charge in [0, 0.05) is 6.04 Å². The Bertz CT molecular complexity index is 776. The largest absolute Gasteiger partial charge is 0.476 e. The molecule has 1 amide bonds. The van der Waals surface area contributed by atoms with E-state index < -0.39 is 29.7 Å². The van der Waals surface area contributed by atoms with Crippen LogP contribution in [0.15, 0.2) is 36.7 Å². The van der Waals surface area contributed by atoms with Gasteiger partial charge in [-0.3, -0.25) is 4.79 Å². The van der Waals surface area contributed by atoms with Crippen LogP contribution in [0.5, 0.6) is 0 Å². The average Bonchev–Trinajstić information content (AvgIpc) is 2.54. The van der Waals surface area contributed by atoms with Crippen molar-refractivity contribution < 1.29 is 27.9 Å². The highest BCUT2D eigenvalue weighted by atomic mass is 19.4. The lowest BCUT2D eigenvalue weighted by molar-refractivity contribution is -0.138. The van der Waals surface area contributed by atoms with Gasteiger partial charge in [-0.15, -0.1) is 0 Å². The zero-order valence-electron chi connectivity index (χ0n) is 13.0. The lowest BCUT2D eigenvalue weighted by Crippen LogP contribution is -2.35. The number of rotatable bonds is 5. The zero-order valence-corrected chi connectivity index (χ0v) is 13.0. The van der Waals surface area contributed by atoms with Gasteiger partial charge in [-0.05, 0) is 25.0 Å². The van der Waals surface area contributed by atoms with Crippen LogP contribution in [-0.2, 0) is 12.6 Å². The molecule has 1 atom stereocenters. The number of benzene rings is 1. The molecule has 0 radical (unpaired) electrons. The molecule has 0 saturated heterocycles. The molecular formula is C16H14F3N3O3. The molecule has 0 fully saturated rings. The van der Waals surface area contributed by atoms with E-state index in [1.54, 1.807) is 6.92 Å². The number of aromatic carboxylic acids is 1. The molecule has 0 spiro atoms. The van der Waals surface area contributed by atoms with E-state index in [0.29, 0.717) is 0 Å². The van der Waals surface area contributed by atoms with Gasteiger partial charge < -0.3 is 10.4 Å². The highest BCUT2D eigenvalue weighted by Gasteiger charge is 2.33. The number of alkyl halides is 3. The standard InChI is InChI=1S/C16H14F3N3O3/c1-9(6-10-4-2-3-5-11(10)16(17,18)19)22-14(23)12-7-21-13(8-20-12)15(24)25/h2-5,7-9H,6H2,1H3,(H,22,23)(H,24,25). The van der Waals surface area contributed by atoms with E-state index >= 15 is 0 Å². The van der Waals surface area contributed by atoms with Crippen LogP contribution in [0.2, 0.25) is 0 Å². The molecule has 1 heterocycles. The summed E-state index contributed by atoms with van der Waals surface area (Å²) < 4.78 is 38.9. The number of halogens is 3. The Labute approximate surface area is 140 Å². The fourth-order valence-corrected chi connectivity index (χ4v) is 2.21. The fraction of sp³-hybridized carbons (Fsp3) is 0.250. The normalized spacial score (nSPS) is 12.5. The zero-order chi connectivity index (χ0) is 18.6. The monoisotopic (exact) mass is 353 g/mol. The number of carbonyl (C=O) groups excluding carboxylic acids is 1. The molecule has 9 heteroatoms. The highest BCUT2D eigenvalue weighted by Crippen LogP contribution is 2.32. The number of hydrogen-bond acceptors (Lipinski definition) is 4. The van der Waals surface area contributed by atoms with Gasteiger partial charge in [-0.2, -0.15) is 13.2 Å². The second-order valence-electron chi connectivity index (χ2n) is 5.33. The minimum absolute atomic E-state index is 0.0257. The topological polar surface area (TPSA) is 92.2 Å². The quantitative estimate of drug-likeness (QED) is 0.862. The van der Waals surface area contributed by atoms with Crippen LogP contribution in [0.1, 0.15) is 39.0 Å². The van der Waals surface area contributed by atoms with Crippen molar-refractivity contribution in [1.82, 2.24) is 15.3 Å². The summed E-state index contributed by atoms with van der Waals surface area (Å²) in [6.45, 7) is 1.56. The summed E-state index contributed by atoms with van der Waals surface area (Å²) in [5.41, 5.74) is -1.12. The minimum Gasteiger partial charge on any atom is -0.476 e. The molecule has 6 nitrogen and oxygen atoms in total. The van der Waals surface area contributed by atoms with Crippen LogP contribution < -0.4 is 5.32 Å². The first-order valence-electron chi connectivity index (χ1n) is 7.19. The number of amides is 1. The number of aromatic nitrogens is 2. The number of carboxylic acids is 1. The Morgan fingerprint density at radius 2 is 1.76 bits per heavy atom. The van der Waals surface area contributed by atoms with Crippen molar-refractivity contribution in [2.45, 2.75) is 25.6 Å². The lowest BCUT2D eigenvalue weighted by Gasteiger charge is -2.17. The van der Waals surface area contributed by atoms with Gasteiger partial charge in [0.1, 0.15) is 5.69 Å². The van der Waals surface area contributed by atoms with E-state index in [9.17, 15) is 22.8 Å². The van der Waals surface area contributed by atoms with E-state index in [1.807, 2.05) is 0 Å². The number of nitrogens with one attached hydrogen (secondary N) is 1. The van der Waals surface area contributed by atoms with Gasteiger partial charge in [0.25, 0.3) is 5.91 Å². The van der Waals surface area contributed by atoms with E-state index in [4.69, 9.17) is 5.11 Å². The first kappa shape index (κ1) is 18.4. The second-order valence-corrected chi connectivity index (χ2v) is 5.33. The van der Waals surface area contributed by atoms with Crippen molar-refractivity contribution in [2.75, 3.05) is 0 Å². The average molecular weight is 353 g/mol. The third-order valence-corrected chi connectivity index (χ3v) is 3.33. The molecule has 0 saturated carbocycles. The van der Waals surface area contributed by atoms with Crippen LogP contribution >= 0.6 is 0 Å². The van der Waals surface area contributed by atoms with Crippen molar-refractivity contribution >= 4 is 11.9 Å². The maximum Gasteiger partial charge on any atom is 0.416 e. The lowest BCUT2D eigenvalue weighted by atomic mass is 10.0. The van der Waals surface area contributed by atoms with E-state index in [2.05, 4.69) is 15.3 Å². The number of nitrogens with zero attached hydrogens (tertiary/aromatic N) is 2. The molecule has 25 heavy (non-hydrogen) atoms. The third kappa shape index (κ3) is 4.75. The van der Waals surface area contributed by atoms with Crippen LogP contribution in [-0.4, -0.2) is 33.0 Å². The summed E-state index contributed by atoms with van der Waals surface area (Å²) in [7, 11) is 0. The van der Waals surface area contributed by atoms with Crippen molar-refractivity contribution in [2.24, 2.45) is 0 Å². The molecule has 0 aliphatic rings. The molecule has 0 bridgehead atoms.